The van der Waals surface area contributed by atoms with E-state index in [1.165, 1.54) is 18.9 Å². The summed E-state index contributed by atoms with van der Waals surface area (Å²) in [4.78, 5) is 44.7. The van der Waals surface area contributed by atoms with E-state index in [0.717, 1.165) is 22.2 Å². The zero-order chi connectivity index (χ0) is 26.5. The molecule has 4 rings (SSSR count). The van der Waals surface area contributed by atoms with Gasteiger partial charge in [-0.25, -0.2) is 14.3 Å². The SMILES string of the molecule is C/C=C(\C)CN1C[C@@H](n2nnc(C(=O)OC)c2C(=O)OC)C[C@H]1C(=O)NCc1ccc2ccccc2n1. The average molecular weight is 507 g/mol. The van der Waals surface area contributed by atoms with Crippen LogP contribution in [0.15, 0.2) is 48.0 Å². The minimum absolute atomic E-state index is 0.0940. The number of methoxy groups -OCH3 is 2. The van der Waals surface area contributed by atoms with Crippen molar-refractivity contribution < 1.29 is 23.9 Å². The van der Waals surface area contributed by atoms with E-state index in [4.69, 9.17) is 9.47 Å². The molecule has 1 aliphatic rings. The van der Waals surface area contributed by atoms with Crippen molar-refractivity contribution in [1.82, 2.24) is 30.2 Å². The number of amides is 1. The highest BCUT2D eigenvalue weighted by Crippen LogP contribution is 2.30. The molecule has 2 atom stereocenters. The second kappa shape index (κ2) is 11.3. The molecule has 0 bridgehead atoms. The fourth-order valence-corrected chi connectivity index (χ4v) is 4.49. The van der Waals surface area contributed by atoms with Gasteiger partial charge in [0, 0.05) is 18.5 Å². The molecule has 1 saturated heterocycles. The van der Waals surface area contributed by atoms with Gasteiger partial charge in [-0.2, -0.15) is 0 Å². The minimum Gasteiger partial charge on any atom is -0.464 e. The molecule has 0 spiro atoms. The molecule has 3 aromatic rings. The molecule has 11 heteroatoms. The number of carbonyl (C=O) groups excluding carboxylic acids is 3. The lowest BCUT2D eigenvalue weighted by Crippen LogP contribution is -2.43. The van der Waals surface area contributed by atoms with Gasteiger partial charge in [0.1, 0.15) is 0 Å². The van der Waals surface area contributed by atoms with Crippen LogP contribution in [-0.2, 0) is 20.8 Å². The molecule has 0 saturated carbocycles. The van der Waals surface area contributed by atoms with Gasteiger partial charge >= 0.3 is 11.9 Å². The number of hydrogen-bond acceptors (Lipinski definition) is 9. The summed E-state index contributed by atoms with van der Waals surface area (Å²) in [5, 5.41) is 12.0. The fourth-order valence-electron chi connectivity index (χ4n) is 4.49. The van der Waals surface area contributed by atoms with Crippen molar-refractivity contribution in [2.75, 3.05) is 27.3 Å². The number of aromatic nitrogens is 4. The van der Waals surface area contributed by atoms with Crippen molar-refractivity contribution in [3.8, 4) is 0 Å². The van der Waals surface area contributed by atoms with Gasteiger partial charge in [-0.15, -0.1) is 5.10 Å². The Labute approximate surface area is 214 Å². The predicted molar refractivity (Wildman–Crippen MR) is 135 cm³/mol. The first-order chi connectivity index (χ1) is 17.9. The molecule has 0 unspecified atom stereocenters. The summed E-state index contributed by atoms with van der Waals surface area (Å²) >= 11 is 0. The van der Waals surface area contributed by atoms with Gasteiger partial charge in [-0.1, -0.05) is 41.1 Å². The molecule has 194 valence electrons. The maximum absolute atomic E-state index is 13.4. The Kier molecular flexibility index (Phi) is 7.92. The van der Waals surface area contributed by atoms with Crippen molar-refractivity contribution >= 4 is 28.7 Å². The van der Waals surface area contributed by atoms with Crippen LogP contribution in [0.2, 0.25) is 0 Å². The van der Waals surface area contributed by atoms with E-state index in [1.54, 1.807) is 0 Å². The highest BCUT2D eigenvalue weighted by molar-refractivity contribution is 6.00. The number of benzene rings is 1. The number of esters is 2. The summed E-state index contributed by atoms with van der Waals surface area (Å²) in [5.41, 5.74) is 2.40. The topological polar surface area (TPSA) is 129 Å². The van der Waals surface area contributed by atoms with Crippen LogP contribution in [0.1, 0.15) is 53.0 Å². The van der Waals surface area contributed by atoms with E-state index in [2.05, 4.69) is 20.6 Å². The number of fused-ring (bicyclic) bond motifs is 1. The predicted octanol–water partition coefficient (Wildman–Crippen LogP) is 2.30. The first kappa shape index (κ1) is 26.0. The van der Waals surface area contributed by atoms with E-state index < -0.39 is 18.0 Å². The minimum atomic E-state index is -0.788. The number of likely N-dealkylation sites (tertiary alicyclic amines) is 1. The van der Waals surface area contributed by atoms with Gasteiger partial charge in [0.05, 0.1) is 44.1 Å². The molecule has 2 aromatic heterocycles. The lowest BCUT2D eigenvalue weighted by molar-refractivity contribution is -0.125. The summed E-state index contributed by atoms with van der Waals surface area (Å²) in [6.07, 6.45) is 2.36. The molecular weight excluding hydrogens is 476 g/mol. The number of carbonyl (C=O) groups is 3. The molecule has 0 aliphatic carbocycles. The Morgan fingerprint density at radius 2 is 1.86 bits per heavy atom. The van der Waals surface area contributed by atoms with Crippen LogP contribution < -0.4 is 5.32 Å². The van der Waals surface area contributed by atoms with Crippen LogP contribution in [0.5, 0.6) is 0 Å². The summed E-state index contributed by atoms with van der Waals surface area (Å²) in [6.45, 7) is 5.20. The lowest BCUT2D eigenvalue weighted by Gasteiger charge is -2.23. The third kappa shape index (κ3) is 5.51. The second-order valence-corrected chi connectivity index (χ2v) is 8.90. The summed E-state index contributed by atoms with van der Waals surface area (Å²) in [6, 6.07) is 10.8. The van der Waals surface area contributed by atoms with Gasteiger partial charge in [-0.05, 0) is 32.4 Å². The van der Waals surface area contributed by atoms with Crippen LogP contribution >= 0.6 is 0 Å². The molecule has 11 nitrogen and oxygen atoms in total. The van der Waals surface area contributed by atoms with Gasteiger partial charge < -0.3 is 14.8 Å². The van der Waals surface area contributed by atoms with E-state index in [9.17, 15) is 14.4 Å². The zero-order valence-electron chi connectivity index (χ0n) is 21.3. The molecule has 0 radical (unpaired) electrons. The molecule has 1 fully saturated rings. The van der Waals surface area contributed by atoms with Gasteiger partial charge in [0.25, 0.3) is 0 Å². The molecule has 1 amide bonds. The maximum Gasteiger partial charge on any atom is 0.361 e. The van der Waals surface area contributed by atoms with Gasteiger partial charge in [-0.3, -0.25) is 14.7 Å². The van der Waals surface area contributed by atoms with E-state index >= 15 is 0 Å². The van der Waals surface area contributed by atoms with Crippen molar-refractivity contribution in [1.29, 1.82) is 0 Å². The first-order valence-corrected chi connectivity index (χ1v) is 12.0. The van der Waals surface area contributed by atoms with Crippen LogP contribution in [0.3, 0.4) is 0 Å². The van der Waals surface area contributed by atoms with Crippen LogP contribution in [0.4, 0.5) is 0 Å². The maximum atomic E-state index is 13.4. The first-order valence-electron chi connectivity index (χ1n) is 12.0. The Hall–Kier alpha value is -4.12. The summed E-state index contributed by atoms with van der Waals surface area (Å²) in [7, 11) is 2.42. The molecule has 37 heavy (non-hydrogen) atoms. The number of nitrogens with zero attached hydrogens (tertiary/aromatic N) is 5. The monoisotopic (exact) mass is 506 g/mol. The Balaban J connectivity index is 1.56. The number of pyridine rings is 1. The summed E-state index contributed by atoms with van der Waals surface area (Å²) < 4.78 is 11.0. The zero-order valence-corrected chi connectivity index (χ0v) is 21.3. The lowest BCUT2D eigenvalue weighted by atomic mass is 10.1. The van der Waals surface area contributed by atoms with E-state index in [1.807, 2.05) is 61.2 Å². The van der Waals surface area contributed by atoms with Crippen LogP contribution in [-0.4, -0.2) is 76.1 Å². The Bertz CT molecular complexity index is 1350. The quantitative estimate of drug-likeness (QED) is 0.361. The van der Waals surface area contributed by atoms with Crippen molar-refractivity contribution in [2.24, 2.45) is 0 Å². The largest absolute Gasteiger partial charge is 0.464 e. The van der Waals surface area contributed by atoms with E-state index in [0.29, 0.717) is 19.5 Å². The molecular formula is C26H30N6O5. The highest BCUT2D eigenvalue weighted by atomic mass is 16.5. The number of rotatable bonds is 8. The third-order valence-corrected chi connectivity index (χ3v) is 6.53. The number of hydrogen-bond donors (Lipinski definition) is 1. The fraction of sp³-hybridized carbons (Fsp3) is 0.385. The number of nitrogens with one attached hydrogen (secondary N) is 1. The molecule has 1 aliphatic heterocycles. The second-order valence-electron chi connectivity index (χ2n) is 8.90. The Morgan fingerprint density at radius 1 is 1.11 bits per heavy atom. The Morgan fingerprint density at radius 3 is 2.59 bits per heavy atom. The molecule has 3 heterocycles. The third-order valence-electron chi connectivity index (χ3n) is 6.53. The number of para-hydroxylation sites is 1. The molecule has 1 aromatic carbocycles. The molecule has 1 N–H and O–H groups in total. The van der Waals surface area contributed by atoms with Gasteiger partial charge in [0.2, 0.25) is 11.6 Å². The van der Waals surface area contributed by atoms with Crippen molar-refractivity contribution in [3.05, 3.63) is 65.1 Å². The van der Waals surface area contributed by atoms with Crippen LogP contribution in [0, 0.1) is 0 Å². The van der Waals surface area contributed by atoms with Crippen molar-refractivity contribution in [2.45, 2.75) is 38.9 Å². The van der Waals surface area contributed by atoms with Crippen molar-refractivity contribution in [3.63, 3.8) is 0 Å². The van der Waals surface area contributed by atoms with Gasteiger partial charge in [0.15, 0.2) is 5.69 Å². The standard InChI is InChI=1S/C26H30N6O5/c1-5-16(2)14-31-15-19(32-23(26(35)37-4)22(29-30-32)25(34)36-3)12-21(31)24(33)27-13-18-11-10-17-8-6-7-9-20(17)28-18/h5-11,19,21H,12-15H2,1-4H3,(H,27,33)/b16-5+/t19-,21-/m0/s1. The average Bonchev–Trinajstić information content (AvgIpc) is 3.55. The van der Waals surface area contributed by atoms with E-state index in [-0.39, 0.29) is 29.9 Å². The normalized spacial score (nSPS) is 18.1. The smallest absolute Gasteiger partial charge is 0.361 e. The summed E-state index contributed by atoms with van der Waals surface area (Å²) in [5.74, 6) is -1.70. The highest BCUT2D eigenvalue weighted by Gasteiger charge is 2.41. The number of allylic oxidation sites excluding steroid dienone is 1. The number of ether oxygens (including phenoxy) is 2. The van der Waals surface area contributed by atoms with Crippen LogP contribution in [0.25, 0.3) is 10.9 Å².